The summed E-state index contributed by atoms with van der Waals surface area (Å²) in [5.41, 5.74) is 6.39. The van der Waals surface area contributed by atoms with Gasteiger partial charge < -0.3 is 9.64 Å². The average molecular weight is 476 g/mol. The van der Waals surface area contributed by atoms with Gasteiger partial charge in [-0.05, 0) is 53.1 Å². The van der Waals surface area contributed by atoms with E-state index in [4.69, 9.17) is 9.84 Å². The monoisotopic (exact) mass is 475 g/mol. The van der Waals surface area contributed by atoms with E-state index in [-0.39, 0.29) is 11.9 Å². The van der Waals surface area contributed by atoms with E-state index in [2.05, 4.69) is 78.7 Å². The van der Waals surface area contributed by atoms with Gasteiger partial charge in [-0.15, -0.1) is 0 Å². The van der Waals surface area contributed by atoms with Gasteiger partial charge in [-0.3, -0.25) is 9.80 Å². The molecule has 4 aromatic carbocycles. The Bertz CT molecular complexity index is 1430. The lowest BCUT2D eigenvalue weighted by Crippen LogP contribution is -2.40. The van der Waals surface area contributed by atoms with Crippen molar-refractivity contribution in [3.8, 4) is 0 Å². The molecular weight excluding hydrogens is 446 g/mol. The number of nitrogens with zero attached hydrogens (tertiary/aromatic N) is 3. The number of hydrazone groups is 1. The molecule has 1 saturated heterocycles. The van der Waals surface area contributed by atoms with Gasteiger partial charge in [0.2, 0.25) is 0 Å². The number of aryl methyl sites for hydroxylation is 1. The van der Waals surface area contributed by atoms with Crippen molar-refractivity contribution in [2.45, 2.75) is 19.4 Å². The zero-order valence-corrected chi connectivity index (χ0v) is 20.4. The summed E-state index contributed by atoms with van der Waals surface area (Å²) in [6, 6.07) is 31.5. The second kappa shape index (κ2) is 9.59. The Hall–Kier alpha value is -3.96. The van der Waals surface area contributed by atoms with Gasteiger partial charge in [0.1, 0.15) is 0 Å². The maximum atomic E-state index is 13.0. The Kier molecular flexibility index (Phi) is 5.99. The molecule has 0 N–H and O–H groups in total. The Labute approximate surface area is 211 Å². The predicted octanol–water partition coefficient (Wildman–Crippen LogP) is 5.98. The highest BCUT2D eigenvalue weighted by Gasteiger charge is 2.31. The molecule has 6 rings (SSSR count). The Balaban J connectivity index is 1.38. The molecular formula is C31H29N3O2. The fourth-order valence-electron chi connectivity index (χ4n) is 5.24. The Morgan fingerprint density at radius 3 is 2.44 bits per heavy atom. The van der Waals surface area contributed by atoms with Crippen LogP contribution in [0.25, 0.3) is 10.8 Å². The predicted molar refractivity (Wildman–Crippen MR) is 145 cm³/mol. The van der Waals surface area contributed by atoms with Crippen molar-refractivity contribution in [1.29, 1.82) is 0 Å². The SMILES string of the molecule is Cc1cccc(C2=NN(c3ccc(C(=O)N4CCOCC4)cc3)C(c3cccc4ccccc34)C2)c1. The first-order chi connectivity index (χ1) is 17.7. The van der Waals surface area contributed by atoms with Gasteiger partial charge in [-0.25, -0.2) is 0 Å². The van der Waals surface area contributed by atoms with E-state index in [0.717, 1.165) is 23.4 Å². The van der Waals surface area contributed by atoms with Gasteiger partial charge in [-0.1, -0.05) is 72.3 Å². The summed E-state index contributed by atoms with van der Waals surface area (Å²) in [5.74, 6) is 0.0563. The first-order valence-electron chi connectivity index (χ1n) is 12.6. The van der Waals surface area contributed by atoms with E-state index in [9.17, 15) is 4.79 Å². The molecule has 0 saturated carbocycles. The van der Waals surface area contributed by atoms with Crippen molar-refractivity contribution >= 4 is 28.1 Å². The standard InChI is InChI=1S/C31H29N3O2/c1-22-6-4-9-25(20-22)29-21-30(28-11-5-8-23-7-2-3-10-27(23)28)34(32-29)26-14-12-24(13-15-26)31(35)33-16-18-36-19-17-33/h2-15,20,30H,16-19,21H2,1H3. The molecule has 36 heavy (non-hydrogen) atoms. The number of rotatable bonds is 4. The Morgan fingerprint density at radius 1 is 0.889 bits per heavy atom. The maximum Gasteiger partial charge on any atom is 0.254 e. The highest BCUT2D eigenvalue weighted by atomic mass is 16.5. The smallest absolute Gasteiger partial charge is 0.254 e. The number of hydrogen-bond acceptors (Lipinski definition) is 4. The van der Waals surface area contributed by atoms with Gasteiger partial charge in [0.25, 0.3) is 5.91 Å². The molecule has 0 aliphatic carbocycles. The largest absolute Gasteiger partial charge is 0.378 e. The third-order valence-electron chi connectivity index (χ3n) is 7.12. The maximum absolute atomic E-state index is 13.0. The summed E-state index contributed by atoms with van der Waals surface area (Å²) in [6.07, 6.45) is 0.811. The van der Waals surface area contributed by atoms with Crippen molar-refractivity contribution in [3.63, 3.8) is 0 Å². The summed E-state index contributed by atoms with van der Waals surface area (Å²) in [6.45, 7) is 4.59. The zero-order valence-electron chi connectivity index (χ0n) is 20.4. The molecule has 0 radical (unpaired) electrons. The highest BCUT2D eigenvalue weighted by molar-refractivity contribution is 6.04. The average Bonchev–Trinajstić information content (AvgIpc) is 3.38. The van der Waals surface area contributed by atoms with Crippen LogP contribution in [-0.4, -0.2) is 42.8 Å². The van der Waals surface area contributed by atoms with Crippen molar-refractivity contribution in [3.05, 3.63) is 113 Å². The van der Waals surface area contributed by atoms with Crippen molar-refractivity contribution < 1.29 is 9.53 Å². The van der Waals surface area contributed by atoms with Gasteiger partial charge in [0.15, 0.2) is 0 Å². The van der Waals surface area contributed by atoms with Crippen LogP contribution in [0.2, 0.25) is 0 Å². The van der Waals surface area contributed by atoms with Gasteiger partial charge in [-0.2, -0.15) is 5.10 Å². The molecule has 0 spiro atoms. The van der Waals surface area contributed by atoms with Crippen LogP contribution in [0.4, 0.5) is 5.69 Å². The molecule has 2 heterocycles. The van der Waals surface area contributed by atoms with E-state index >= 15 is 0 Å². The quantitative estimate of drug-likeness (QED) is 0.365. The lowest BCUT2D eigenvalue weighted by molar-refractivity contribution is 0.0303. The van der Waals surface area contributed by atoms with Crippen LogP contribution in [-0.2, 0) is 4.74 Å². The van der Waals surface area contributed by atoms with E-state index in [0.29, 0.717) is 31.9 Å². The summed E-state index contributed by atoms with van der Waals surface area (Å²) < 4.78 is 5.40. The van der Waals surface area contributed by atoms with E-state index in [1.165, 1.54) is 21.9 Å². The minimum absolute atomic E-state index is 0.0563. The molecule has 4 aromatic rings. The normalized spacial score (nSPS) is 17.9. The highest BCUT2D eigenvalue weighted by Crippen LogP contribution is 2.39. The van der Waals surface area contributed by atoms with Crippen molar-refractivity contribution in [2.75, 3.05) is 31.3 Å². The molecule has 0 bridgehead atoms. The summed E-state index contributed by atoms with van der Waals surface area (Å²) in [7, 11) is 0. The van der Waals surface area contributed by atoms with Gasteiger partial charge in [0, 0.05) is 25.1 Å². The second-order valence-electron chi connectivity index (χ2n) is 9.50. The van der Waals surface area contributed by atoms with Crippen molar-refractivity contribution in [2.24, 2.45) is 5.10 Å². The molecule has 1 amide bonds. The van der Waals surface area contributed by atoms with E-state index in [1.807, 2.05) is 29.2 Å². The third-order valence-corrected chi connectivity index (χ3v) is 7.12. The second-order valence-corrected chi connectivity index (χ2v) is 9.50. The summed E-state index contributed by atoms with van der Waals surface area (Å²) >= 11 is 0. The van der Waals surface area contributed by atoms with Crippen LogP contribution in [0.15, 0.2) is 96.1 Å². The number of anilines is 1. The van der Waals surface area contributed by atoms with Crippen LogP contribution in [0.3, 0.4) is 0 Å². The molecule has 2 aliphatic rings. The topological polar surface area (TPSA) is 45.1 Å². The number of carbonyl (C=O) groups is 1. The first-order valence-corrected chi connectivity index (χ1v) is 12.6. The number of amides is 1. The van der Waals surface area contributed by atoms with Crippen LogP contribution >= 0.6 is 0 Å². The van der Waals surface area contributed by atoms with E-state index in [1.54, 1.807) is 0 Å². The van der Waals surface area contributed by atoms with Crippen molar-refractivity contribution in [1.82, 2.24) is 4.90 Å². The molecule has 2 aliphatic heterocycles. The third kappa shape index (κ3) is 4.27. The molecule has 1 atom stereocenters. The molecule has 1 unspecified atom stereocenters. The number of ether oxygens (including phenoxy) is 1. The van der Waals surface area contributed by atoms with E-state index < -0.39 is 0 Å². The van der Waals surface area contributed by atoms with Gasteiger partial charge >= 0.3 is 0 Å². The molecule has 5 heteroatoms. The number of morpholine rings is 1. The minimum atomic E-state index is 0.0563. The lowest BCUT2D eigenvalue weighted by Gasteiger charge is -2.27. The molecule has 0 aromatic heterocycles. The fourth-order valence-corrected chi connectivity index (χ4v) is 5.24. The first kappa shape index (κ1) is 22.5. The number of fused-ring (bicyclic) bond motifs is 1. The molecule has 180 valence electrons. The zero-order chi connectivity index (χ0) is 24.5. The summed E-state index contributed by atoms with van der Waals surface area (Å²) in [5, 5.41) is 9.74. The number of hydrogen-bond donors (Lipinski definition) is 0. The lowest BCUT2D eigenvalue weighted by atomic mass is 9.93. The van der Waals surface area contributed by atoms with Crippen LogP contribution < -0.4 is 5.01 Å². The van der Waals surface area contributed by atoms with Crippen LogP contribution in [0, 0.1) is 6.92 Å². The van der Waals surface area contributed by atoms with Crippen LogP contribution in [0.1, 0.15) is 39.5 Å². The summed E-state index contributed by atoms with van der Waals surface area (Å²) in [4.78, 5) is 14.8. The Morgan fingerprint density at radius 2 is 1.64 bits per heavy atom. The van der Waals surface area contributed by atoms with Gasteiger partial charge in [0.05, 0.1) is 30.7 Å². The fraction of sp³-hybridized carbons (Fsp3) is 0.226. The molecule has 1 fully saturated rings. The molecule has 5 nitrogen and oxygen atoms in total. The number of carbonyl (C=O) groups excluding carboxylic acids is 1. The number of benzene rings is 4. The minimum Gasteiger partial charge on any atom is -0.378 e. The van der Waals surface area contributed by atoms with Crippen LogP contribution in [0.5, 0.6) is 0 Å².